The highest BCUT2D eigenvalue weighted by Gasteiger charge is 2.37. The van der Waals surface area contributed by atoms with Gasteiger partial charge in [-0.05, 0) is 53.0 Å². The minimum atomic E-state index is -0.870. The lowest BCUT2D eigenvalue weighted by Gasteiger charge is -2.35. The molecule has 0 aromatic heterocycles. The van der Waals surface area contributed by atoms with E-state index in [0.29, 0.717) is 12.0 Å². The van der Waals surface area contributed by atoms with E-state index in [4.69, 9.17) is 4.74 Å². The molecule has 3 amide bonds. The molecule has 0 aliphatic heterocycles. The van der Waals surface area contributed by atoms with E-state index in [2.05, 4.69) is 17.2 Å². The van der Waals surface area contributed by atoms with Crippen molar-refractivity contribution in [2.45, 2.75) is 85.5 Å². The molecule has 7 heteroatoms. The van der Waals surface area contributed by atoms with Crippen LogP contribution in [0.4, 0.5) is 4.79 Å². The largest absolute Gasteiger partial charge is 0.444 e. The number of benzene rings is 1. The van der Waals surface area contributed by atoms with Crippen LogP contribution >= 0.6 is 0 Å². The summed E-state index contributed by atoms with van der Waals surface area (Å²) in [5, 5.41) is 5.66. The van der Waals surface area contributed by atoms with Crippen molar-refractivity contribution in [2.24, 2.45) is 5.92 Å². The Hall–Kier alpha value is -2.83. The van der Waals surface area contributed by atoms with Crippen molar-refractivity contribution in [2.75, 3.05) is 6.54 Å². The lowest BCUT2D eigenvalue weighted by molar-refractivity contribution is -0.143. The summed E-state index contributed by atoms with van der Waals surface area (Å²) >= 11 is 0. The number of nitrogens with one attached hydrogen (secondary N) is 2. The van der Waals surface area contributed by atoms with Crippen molar-refractivity contribution >= 4 is 17.9 Å². The fourth-order valence-electron chi connectivity index (χ4n) is 3.34. The summed E-state index contributed by atoms with van der Waals surface area (Å²) in [5.74, 6) is -0.826. The van der Waals surface area contributed by atoms with E-state index in [1.54, 1.807) is 26.8 Å². The van der Waals surface area contributed by atoms with Crippen LogP contribution in [-0.2, 0) is 14.3 Å². The van der Waals surface area contributed by atoms with E-state index < -0.39 is 23.8 Å². The lowest BCUT2D eigenvalue weighted by atomic mass is 9.95. The molecule has 7 nitrogen and oxygen atoms in total. The first-order chi connectivity index (χ1) is 15.3. The van der Waals surface area contributed by atoms with Crippen LogP contribution in [-0.4, -0.2) is 47.0 Å². The maximum absolute atomic E-state index is 13.8. The number of carbonyl (C=O) groups is 3. The zero-order chi connectivity index (χ0) is 25.3. The maximum Gasteiger partial charge on any atom is 0.408 e. The van der Waals surface area contributed by atoms with Crippen LogP contribution in [0.5, 0.6) is 0 Å². The fraction of sp³-hybridized carbons (Fsp3) is 0.577. The van der Waals surface area contributed by atoms with Gasteiger partial charge in [0.1, 0.15) is 17.7 Å². The second-order valence-electron chi connectivity index (χ2n) is 9.77. The van der Waals surface area contributed by atoms with Gasteiger partial charge in [-0.25, -0.2) is 4.79 Å². The third-order valence-corrected chi connectivity index (χ3v) is 5.14. The number of nitrogens with zero attached hydrogens (tertiary/aromatic N) is 1. The Morgan fingerprint density at radius 1 is 1.09 bits per heavy atom. The van der Waals surface area contributed by atoms with Gasteiger partial charge >= 0.3 is 6.09 Å². The van der Waals surface area contributed by atoms with Gasteiger partial charge in [0.25, 0.3) is 0 Å². The monoisotopic (exact) mass is 459 g/mol. The lowest BCUT2D eigenvalue weighted by Crippen LogP contribution is -2.55. The zero-order valence-corrected chi connectivity index (χ0v) is 21.4. The molecule has 1 aromatic carbocycles. The molecule has 3 atom stereocenters. The Balaban J connectivity index is 3.43. The Kier molecular flexibility index (Phi) is 10.6. The Morgan fingerprint density at radius 2 is 1.67 bits per heavy atom. The van der Waals surface area contributed by atoms with E-state index in [1.165, 1.54) is 4.90 Å². The summed E-state index contributed by atoms with van der Waals surface area (Å²) in [7, 11) is 0. The molecule has 0 spiro atoms. The van der Waals surface area contributed by atoms with Crippen LogP contribution < -0.4 is 10.6 Å². The van der Waals surface area contributed by atoms with E-state index in [9.17, 15) is 14.4 Å². The summed E-state index contributed by atoms with van der Waals surface area (Å²) in [4.78, 5) is 41.1. The number of aryl methyl sites for hydroxylation is 1. The van der Waals surface area contributed by atoms with Crippen molar-refractivity contribution in [3.8, 4) is 0 Å². The molecular weight excluding hydrogens is 418 g/mol. The first kappa shape index (κ1) is 28.2. The summed E-state index contributed by atoms with van der Waals surface area (Å²) < 4.78 is 5.39. The minimum absolute atomic E-state index is 0.101. The van der Waals surface area contributed by atoms with E-state index >= 15 is 0 Å². The van der Waals surface area contributed by atoms with Crippen LogP contribution in [0.1, 0.15) is 72.1 Å². The topological polar surface area (TPSA) is 87.7 Å². The molecule has 0 heterocycles. The number of alkyl carbamates (subject to hydrolysis) is 1. The van der Waals surface area contributed by atoms with Crippen molar-refractivity contribution in [3.63, 3.8) is 0 Å². The number of hydrogen-bond donors (Lipinski definition) is 2. The molecule has 1 aromatic rings. The van der Waals surface area contributed by atoms with Gasteiger partial charge in [0.05, 0.1) is 0 Å². The van der Waals surface area contributed by atoms with Crippen molar-refractivity contribution in [3.05, 3.63) is 48.0 Å². The van der Waals surface area contributed by atoms with Crippen LogP contribution in [0.2, 0.25) is 0 Å². The SMILES string of the molecule is C=CCN(C(=O)C(NC(=O)OC(C)(C)C)C(C)CC)C(C(=O)NC(C)C)c1ccc(C)cc1. The Labute approximate surface area is 198 Å². The number of amides is 3. The van der Waals surface area contributed by atoms with Crippen molar-refractivity contribution in [1.29, 1.82) is 0 Å². The summed E-state index contributed by atoms with van der Waals surface area (Å²) in [5.41, 5.74) is 1.04. The minimum Gasteiger partial charge on any atom is -0.444 e. The van der Waals surface area contributed by atoms with Crippen LogP contribution in [0, 0.1) is 12.8 Å². The molecule has 33 heavy (non-hydrogen) atoms. The van der Waals surface area contributed by atoms with E-state index in [0.717, 1.165) is 5.56 Å². The highest BCUT2D eigenvalue weighted by molar-refractivity contribution is 5.92. The first-order valence-electron chi connectivity index (χ1n) is 11.6. The highest BCUT2D eigenvalue weighted by atomic mass is 16.6. The Bertz CT molecular complexity index is 812. The van der Waals surface area contributed by atoms with Gasteiger partial charge in [-0.2, -0.15) is 0 Å². The Morgan fingerprint density at radius 3 is 2.12 bits per heavy atom. The van der Waals surface area contributed by atoms with E-state index in [1.807, 2.05) is 58.9 Å². The third-order valence-electron chi connectivity index (χ3n) is 5.14. The van der Waals surface area contributed by atoms with Crippen LogP contribution in [0.3, 0.4) is 0 Å². The fourth-order valence-corrected chi connectivity index (χ4v) is 3.34. The molecule has 3 unspecified atom stereocenters. The van der Waals surface area contributed by atoms with Gasteiger partial charge < -0.3 is 20.3 Å². The molecule has 0 bridgehead atoms. The molecule has 0 aliphatic carbocycles. The normalized spacial score (nSPS) is 14.1. The highest BCUT2D eigenvalue weighted by Crippen LogP contribution is 2.25. The van der Waals surface area contributed by atoms with Gasteiger partial charge in [0, 0.05) is 12.6 Å². The van der Waals surface area contributed by atoms with E-state index in [-0.39, 0.29) is 30.3 Å². The van der Waals surface area contributed by atoms with Gasteiger partial charge in [-0.15, -0.1) is 6.58 Å². The second kappa shape index (κ2) is 12.4. The average Bonchev–Trinajstić information content (AvgIpc) is 2.70. The smallest absolute Gasteiger partial charge is 0.408 e. The summed E-state index contributed by atoms with van der Waals surface area (Å²) in [6.07, 6.45) is 1.57. The van der Waals surface area contributed by atoms with Crippen LogP contribution in [0.15, 0.2) is 36.9 Å². The molecule has 184 valence electrons. The summed E-state index contributed by atoms with van der Waals surface area (Å²) in [6, 6.07) is 5.69. The van der Waals surface area contributed by atoms with Gasteiger partial charge in [0.2, 0.25) is 11.8 Å². The average molecular weight is 460 g/mol. The molecular formula is C26H41N3O4. The number of rotatable bonds is 10. The standard InChI is InChI=1S/C26H41N3O4/c1-10-16-29(22(23(30)27-17(3)4)20-14-12-18(5)13-15-20)24(31)21(19(6)11-2)28-25(32)33-26(7,8)9/h10,12-15,17,19,21-22H,1,11,16H2,2-9H3,(H,27,30)(H,28,32). The zero-order valence-electron chi connectivity index (χ0n) is 21.4. The predicted octanol–water partition coefficient (Wildman–Crippen LogP) is 4.51. The first-order valence-corrected chi connectivity index (χ1v) is 11.6. The quantitative estimate of drug-likeness (QED) is 0.504. The third kappa shape index (κ3) is 8.91. The molecule has 1 rings (SSSR count). The van der Waals surface area contributed by atoms with Crippen molar-refractivity contribution in [1.82, 2.24) is 15.5 Å². The number of ether oxygens (including phenoxy) is 1. The second-order valence-corrected chi connectivity index (χ2v) is 9.77. The van der Waals surface area contributed by atoms with Crippen LogP contribution in [0.25, 0.3) is 0 Å². The molecule has 0 saturated carbocycles. The van der Waals surface area contributed by atoms with Gasteiger partial charge in [-0.1, -0.05) is 56.2 Å². The summed E-state index contributed by atoms with van der Waals surface area (Å²) in [6.45, 7) is 18.8. The van der Waals surface area contributed by atoms with Gasteiger partial charge in [0.15, 0.2) is 0 Å². The molecule has 0 aliphatic rings. The number of carbonyl (C=O) groups excluding carboxylic acids is 3. The predicted molar refractivity (Wildman–Crippen MR) is 132 cm³/mol. The van der Waals surface area contributed by atoms with Gasteiger partial charge in [-0.3, -0.25) is 9.59 Å². The molecule has 0 fully saturated rings. The maximum atomic E-state index is 13.8. The molecule has 0 radical (unpaired) electrons. The molecule has 2 N–H and O–H groups in total. The molecule has 0 saturated heterocycles. The van der Waals surface area contributed by atoms with Crippen molar-refractivity contribution < 1.29 is 19.1 Å². The number of hydrogen-bond acceptors (Lipinski definition) is 4.